The minimum absolute atomic E-state index is 0.400. The van der Waals surface area contributed by atoms with E-state index in [9.17, 15) is 0 Å². The van der Waals surface area contributed by atoms with Gasteiger partial charge >= 0.3 is 0 Å². The molecule has 1 aromatic rings. The molecule has 0 aromatic carbocycles. The Morgan fingerprint density at radius 1 is 1.42 bits per heavy atom. The molecule has 2 atom stereocenters. The van der Waals surface area contributed by atoms with Crippen molar-refractivity contribution in [2.75, 3.05) is 13.1 Å². The van der Waals surface area contributed by atoms with Gasteiger partial charge in [-0.1, -0.05) is 0 Å². The third kappa shape index (κ3) is 1.35. The number of rotatable bonds is 1. The van der Waals surface area contributed by atoms with Gasteiger partial charge in [-0.15, -0.1) is 0 Å². The van der Waals surface area contributed by atoms with Crippen molar-refractivity contribution in [3.05, 3.63) is 18.0 Å². The molecule has 0 saturated carbocycles. The Bertz CT molecular complexity index is 231. The first-order valence-corrected chi connectivity index (χ1v) is 4.33. The summed E-state index contributed by atoms with van der Waals surface area (Å²) in [6.07, 6.45) is 3.82. The van der Waals surface area contributed by atoms with Crippen molar-refractivity contribution in [3.63, 3.8) is 0 Å². The third-order valence-electron chi connectivity index (χ3n) is 2.33. The van der Waals surface area contributed by atoms with E-state index in [-0.39, 0.29) is 0 Å². The lowest BCUT2D eigenvalue weighted by atomic mass is 10.0. The Kier molecular flexibility index (Phi) is 2.10. The summed E-state index contributed by atoms with van der Waals surface area (Å²) in [6, 6.07) is 0.883. The van der Waals surface area contributed by atoms with Crippen LogP contribution in [0.1, 0.15) is 18.5 Å². The number of H-pyrrole nitrogens is 1. The number of nitrogens with zero attached hydrogens (tertiary/aromatic N) is 1. The highest BCUT2D eigenvalue weighted by molar-refractivity contribution is 5.12. The zero-order valence-corrected chi connectivity index (χ0v) is 7.17. The monoisotopic (exact) mass is 166 g/mol. The standard InChI is InChI=1S/C8H14N4/c1-6-8(10-3-2-9-6)7-4-11-12-5-7/h4-6,8-10H,2-3H2,1H3,(H,11,12). The number of aromatic amines is 1. The van der Waals surface area contributed by atoms with Gasteiger partial charge in [-0.05, 0) is 6.92 Å². The second-order valence-electron chi connectivity index (χ2n) is 3.21. The first-order chi connectivity index (χ1) is 5.88. The summed E-state index contributed by atoms with van der Waals surface area (Å²) in [5.74, 6) is 0. The summed E-state index contributed by atoms with van der Waals surface area (Å²) >= 11 is 0. The van der Waals surface area contributed by atoms with Crippen LogP contribution in [0, 0.1) is 0 Å². The Balaban J connectivity index is 2.11. The Morgan fingerprint density at radius 3 is 2.92 bits per heavy atom. The zero-order chi connectivity index (χ0) is 8.39. The molecule has 4 nitrogen and oxygen atoms in total. The quantitative estimate of drug-likeness (QED) is 0.552. The van der Waals surface area contributed by atoms with E-state index in [1.165, 1.54) is 5.56 Å². The summed E-state index contributed by atoms with van der Waals surface area (Å²) in [6.45, 7) is 4.26. The van der Waals surface area contributed by atoms with Crippen LogP contribution in [0.2, 0.25) is 0 Å². The van der Waals surface area contributed by atoms with E-state index >= 15 is 0 Å². The fraction of sp³-hybridized carbons (Fsp3) is 0.625. The largest absolute Gasteiger partial charge is 0.311 e. The minimum atomic E-state index is 0.400. The van der Waals surface area contributed by atoms with Gasteiger partial charge in [0.1, 0.15) is 0 Å². The van der Waals surface area contributed by atoms with E-state index in [1.54, 1.807) is 0 Å². The molecule has 1 saturated heterocycles. The third-order valence-corrected chi connectivity index (χ3v) is 2.33. The van der Waals surface area contributed by atoms with Crippen molar-refractivity contribution in [2.24, 2.45) is 0 Å². The number of nitrogens with one attached hydrogen (secondary N) is 3. The molecule has 4 heteroatoms. The summed E-state index contributed by atoms with van der Waals surface area (Å²) in [4.78, 5) is 0. The molecule has 0 radical (unpaired) electrons. The smallest absolute Gasteiger partial charge is 0.0535 e. The lowest BCUT2D eigenvalue weighted by Crippen LogP contribution is -2.48. The van der Waals surface area contributed by atoms with Gasteiger partial charge in [0.15, 0.2) is 0 Å². The van der Waals surface area contributed by atoms with Crippen molar-refractivity contribution in [3.8, 4) is 0 Å². The molecule has 0 bridgehead atoms. The summed E-state index contributed by atoms with van der Waals surface area (Å²) in [5.41, 5.74) is 1.23. The maximum Gasteiger partial charge on any atom is 0.0535 e. The molecule has 1 fully saturated rings. The van der Waals surface area contributed by atoms with Gasteiger partial charge in [0.25, 0.3) is 0 Å². The molecular formula is C8H14N4. The molecule has 2 unspecified atom stereocenters. The van der Waals surface area contributed by atoms with Gasteiger partial charge in [-0.25, -0.2) is 0 Å². The van der Waals surface area contributed by atoms with Gasteiger partial charge in [0, 0.05) is 30.9 Å². The number of aromatic nitrogens is 2. The zero-order valence-electron chi connectivity index (χ0n) is 7.17. The van der Waals surface area contributed by atoms with Crippen molar-refractivity contribution < 1.29 is 0 Å². The predicted octanol–water partition coefficient (Wildman–Crippen LogP) is 0.0321. The highest BCUT2D eigenvalue weighted by atomic mass is 15.1. The van der Waals surface area contributed by atoms with Gasteiger partial charge < -0.3 is 10.6 Å². The first kappa shape index (κ1) is 7.76. The van der Waals surface area contributed by atoms with E-state index in [0.29, 0.717) is 12.1 Å². The molecule has 2 rings (SSSR count). The number of piperazine rings is 1. The van der Waals surface area contributed by atoms with Gasteiger partial charge in [0.2, 0.25) is 0 Å². The Labute approximate surface area is 71.7 Å². The average Bonchev–Trinajstić information content (AvgIpc) is 2.57. The van der Waals surface area contributed by atoms with Crippen LogP contribution in [-0.2, 0) is 0 Å². The minimum Gasteiger partial charge on any atom is -0.311 e. The summed E-state index contributed by atoms with van der Waals surface area (Å²) in [7, 11) is 0. The second kappa shape index (κ2) is 3.25. The van der Waals surface area contributed by atoms with E-state index in [0.717, 1.165) is 13.1 Å². The van der Waals surface area contributed by atoms with Crippen LogP contribution in [-0.4, -0.2) is 29.3 Å². The van der Waals surface area contributed by atoms with Crippen molar-refractivity contribution in [2.45, 2.75) is 19.0 Å². The van der Waals surface area contributed by atoms with Gasteiger partial charge in [-0.3, -0.25) is 5.10 Å². The van der Waals surface area contributed by atoms with Crippen LogP contribution in [0.25, 0.3) is 0 Å². The molecule has 1 aliphatic heterocycles. The highest BCUT2D eigenvalue weighted by Crippen LogP contribution is 2.16. The molecule has 12 heavy (non-hydrogen) atoms. The van der Waals surface area contributed by atoms with Crippen molar-refractivity contribution in [1.29, 1.82) is 0 Å². The molecule has 3 N–H and O–H groups in total. The van der Waals surface area contributed by atoms with Crippen LogP contribution in [0.5, 0.6) is 0 Å². The van der Waals surface area contributed by atoms with Crippen molar-refractivity contribution in [1.82, 2.24) is 20.8 Å². The van der Waals surface area contributed by atoms with E-state index in [4.69, 9.17) is 0 Å². The molecule has 1 aromatic heterocycles. The molecule has 1 aliphatic rings. The number of hydrogen-bond donors (Lipinski definition) is 3. The topological polar surface area (TPSA) is 52.7 Å². The van der Waals surface area contributed by atoms with Gasteiger partial charge in [0.05, 0.1) is 12.2 Å². The predicted molar refractivity (Wildman–Crippen MR) is 46.8 cm³/mol. The van der Waals surface area contributed by atoms with E-state index < -0.39 is 0 Å². The molecule has 2 heterocycles. The van der Waals surface area contributed by atoms with E-state index in [2.05, 4.69) is 27.8 Å². The Morgan fingerprint density at radius 2 is 2.25 bits per heavy atom. The van der Waals surface area contributed by atoms with Gasteiger partial charge in [-0.2, -0.15) is 5.10 Å². The summed E-state index contributed by atoms with van der Waals surface area (Å²) < 4.78 is 0. The van der Waals surface area contributed by atoms with Crippen LogP contribution in [0.3, 0.4) is 0 Å². The lowest BCUT2D eigenvalue weighted by molar-refractivity contribution is 0.345. The normalized spacial score (nSPS) is 30.4. The molecular weight excluding hydrogens is 152 g/mol. The van der Waals surface area contributed by atoms with E-state index in [1.807, 2.05) is 12.4 Å². The average molecular weight is 166 g/mol. The van der Waals surface area contributed by atoms with Crippen molar-refractivity contribution >= 4 is 0 Å². The summed E-state index contributed by atoms with van der Waals surface area (Å²) in [5, 5.41) is 13.6. The lowest BCUT2D eigenvalue weighted by Gasteiger charge is -2.30. The van der Waals surface area contributed by atoms with Crippen LogP contribution in [0.4, 0.5) is 0 Å². The van der Waals surface area contributed by atoms with Crippen LogP contribution in [0.15, 0.2) is 12.4 Å². The fourth-order valence-corrected chi connectivity index (χ4v) is 1.66. The molecule has 0 aliphatic carbocycles. The van der Waals surface area contributed by atoms with Crippen LogP contribution >= 0.6 is 0 Å². The van der Waals surface area contributed by atoms with Crippen LogP contribution < -0.4 is 10.6 Å². The Hall–Kier alpha value is -0.870. The molecule has 0 spiro atoms. The second-order valence-corrected chi connectivity index (χ2v) is 3.21. The maximum absolute atomic E-state index is 3.94. The SMILES string of the molecule is CC1NCCNC1c1cn[nH]c1. The molecule has 0 amide bonds. The first-order valence-electron chi connectivity index (χ1n) is 4.33. The number of hydrogen-bond acceptors (Lipinski definition) is 3. The highest BCUT2D eigenvalue weighted by Gasteiger charge is 2.21. The molecule has 66 valence electrons. The fourth-order valence-electron chi connectivity index (χ4n) is 1.66. The maximum atomic E-state index is 3.94.